The first-order valence-corrected chi connectivity index (χ1v) is 9.21. The van der Waals surface area contributed by atoms with Gasteiger partial charge in [0.25, 0.3) is 0 Å². The number of esters is 1. The van der Waals surface area contributed by atoms with E-state index in [0.717, 1.165) is 0 Å². The maximum absolute atomic E-state index is 12.5. The number of hydrogen-bond acceptors (Lipinski definition) is 8. The van der Waals surface area contributed by atoms with Crippen LogP contribution in [0.1, 0.15) is 42.6 Å². The molecule has 1 aliphatic rings. The fourth-order valence-corrected chi connectivity index (χ4v) is 2.92. The second-order valence-electron chi connectivity index (χ2n) is 6.41. The first-order chi connectivity index (χ1) is 13.8. The third-order valence-electron chi connectivity index (χ3n) is 4.23. The molecule has 2 atom stereocenters. The largest absolute Gasteiger partial charge is 0.535 e. The lowest BCUT2D eigenvalue weighted by molar-refractivity contribution is -0.119. The van der Waals surface area contributed by atoms with E-state index < -0.39 is 31.4 Å². The van der Waals surface area contributed by atoms with Crippen molar-refractivity contribution in [1.29, 1.82) is 0 Å². The van der Waals surface area contributed by atoms with Crippen LogP contribution in [0.4, 0.5) is 4.79 Å². The summed E-state index contributed by atoms with van der Waals surface area (Å²) in [5.41, 5.74) is 0.713. The van der Waals surface area contributed by atoms with Crippen molar-refractivity contribution in [2.24, 2.45) is 0 Å². The lowest BCUT2D eigenvalue weighted by Gasteiger charge is -2.28. The molecule has 9 nitrogen and oxygen atoms in total. The maximum Gasteiger partial charge on any atom is 0.526 e. The number of carbonyl (C=O) groups excluding carboxylic acids is 3. The molecule has 154 valence electrons. The Bertz CT molecular complexity index is 806. The van der Waals surface area contributed by atoms with Crippen LogP contribution in [0.5, 0.6) is 5.75 Å². The zero-order chi connectivity index (χ0) is 21.4. The first-order valence-electron chi connectivity index (χ1n) is 9.21. The van der Waals surface area contributed by atoms with Gasteiger partial charge in [-0.25, -0.2) is 16.2 Å². The molecule has 0 saturated carbocycles. The molecule has 10 heteroatoms. The number of benzene rings is 1. The molecule has 29 heavy (non-hydrogen) atoms. The predicted molar refractivity (Wildman–Crippen MR) is 101 cm³/mol. The van der Waals surface area contributed by atoms with Crippen molar-refractivity contribution in [1.82, 2.24) is 0 Å². The van der Waals surface area contributed by atoms with E-state index in [1.807, 2.05) is 0 Å². The van der Waals surface area contributed by atoms with Crippen LogP contribution >= 0.6 is 0 Å². The van der Waals surface area contributed by atoms with Gasteiger partial charge in [-0.15, -0.1) is 0 Å². The summed E-state index contributed by atoms with van der Waals surface area (Å²) in [6.07, 6.45) is -1.60. The molecule has 1 N–H and O–H groups in total. The number of fused-ring (bicyclic) bond motifs is 1. The van der Waals surface area contributed by atoms with Crippen LogP contribution in [-0.4, -0.2) is 49.5 Å². The third kappa shape index (κ3) is 6.22. The lowest BCUT2D eigenvalue weighted by Crippen LogP contribution is -2.36. The maximum atomic E-state index is 12.5. The Kier molecular flexibility index (Phi) is 8.03. The molecule has 1 aromatic rings. The molecule has 1 aliphatic heterocycles. The SMILES string of the molecule is [C-]#[N+]CCC(=O)C[C@H]1Cc2cccc(C(=O)OC(C)OC(=O)OCC)c2OB1O. The topological polar surface area (TPSA) is 113 Å². The molecule has 0 bridgehead atoms. The van der Waals surface area contributed by atoms with Crippen molar-refractivity contribution in [3.8, 4) is 5.75 Å². The van der Waals surface area contributed by atoms with Crippen molar-refractivity contribution >= 4 is 25.0 Å². The quantitative estimate of drug-likeness (QED) is 0.305. The summed E-state index contributed by atoms with van der Waals surface area (Å²) in [5, 5.41) is 10.3. The van der Waals surface area contributed by atoms with Gasteiger partial charge < -0.3 is 28.7 Å². The van der Waals surface area contributed by atoms with Gasteiger partial charge in [0.15, 0.2) is 0 Å². The Balaban J connectivity index is 2.06. The van der Waals surface area contributed by atoms with E-state index in [0.29, 0.717) is 12.0 Å². The number of hydrogen-bond donors (Lipinski definition) is 1. The molecule has 0 amide bonds. The molecular formula is C19H22BNO8. The van der Waals surface area contributed by atoms with E-state index in [4.69, 9.17) is 20.7 Å². The molecule has 1 unspecified atom stereocenters. The summed E-state index contributed by atoms with van der Waals surface area (Å²) in [5.74, 6) is -1.23. The molecule has 0 aromatic heterocycles. The highest BCUT2D eigenvalue weighted by Crippen LogP contribution is 2.36. The van der Waals surface area contributed by atoms with E-state index in [9.17, 15) is 19.4 Å². The summed E-state index contributed by atoms with van der Waals surface area (Å²) in [6.45, 7) is 9.96. The van der Waals surface area contributed by atoms with Gasteiger partial charge in [-0.3, -0.25) is 4.79 Å². The van der Waals surface area contributed by atoms with Crippen molar-refractivity contribution in [2.45, 2.75) is 45.2 Å². The first kappa shape index (κ1) is 22.2. The highest BCUT2D eigenvalue weighted by molar-refractivity contribution is 6.47. The van der Waals surface area contributed by atoms with Crippen molar-refractivity contribution in [3.05, 3.63) is 40.7 Å². The van der Waals surface area contributed by atoms with Gasteiger partial charge in [0, 0.05) is 19.2 Å². The Morgan fingerprint density at radius 2 is 2.14 bits per heavy atom. The van der Waals surface area contributed by atoms with Crippen LogP contribution in [-0.2, 0) is 25.4 Å². The van der Waals surface area contributed by atoms with E-state index in [-0.39, 0.29) is 43.1 Å². The third-order valence-corrected chi connectivity index (χ3v) is 4.23. The number of ketones is 1. The molecular weight excluding hydrogens is 381 g/mol. The summed E-state index contributed by atoms with van der Waals surface area (Å²) >= 11 is 0. The van der Waals surface area contributed by atoms with Crippen LogP contribution in [0, 0.1) is 6.57 Å². The fraction of sp³-hybridized carbons (Fsp3) is 0.474. The summed E-state index contributed by atoms with van der Waals surface area (Å²) in [4.78, 5) is 38.8. The summed E-state index contributed by atoms with van der Waals surface area (Å²) < 4.78 is 20.0. The molecule has 0 radical (unpaired) electrons. The molecule has 0 aliphatic carbocycles. The second kappa shape index (κ2) is 10.5. The Labute approximate surface area is 168 Å². The highest BCUT2D eigenvalue weighted by atomic mass is 16.8. The standard InChI is InChI=1S/C19H22BNO8/c1-4-26-19(24)28-12(2)27-18(23)16-7-5-6-13-10-14(20(25)29-17(13)16)11-15(22)8-9-21-3/h5-7,12,14,25H,4,8-11H2,1-2H3/t12?,14-/m1/s1. The minimum atomic E-state index is -1.28. The molecule has 0 fully saturated rings. The van der Waals surface area contributed by atoms with Crippen LogP contribution in [0.25, 0.3) is 4.85 Å². The monoisotopic (exact) mass is 403 g/mol. The second-order valence-corrected chi connectivity index (χ2v) is 6.41. The average Bonchev–Trinajstić information content (AvgIpc) is 2.66. The van der Waals surface area contributed by atoms with Crippen LogP contribution in [0.15, 0.2) is 18.2 Å². The van der Waals surface area contributed by atoms with E-state index in [2.05, 4.69) is 9.58 Å². The zero-order valence-electron chi connectivity index (χ0n) is 16.3. The Morgan fingerprint density at radius 3 is 2.83 bits per heavy atom. The van der Waals surface area contributed by atoms with Gasteiger partial charge in [-0.1, -0.05) is 12.1 Å². The lowest BCUT2D eigenvalue weighted by atomic mass is 9.64. The van der Waals surface area contributed by atoms with Gasteiger partial charge >= 0.3 is 19.2 Å². The number of rotatable bonds is 8. The zero-order valence-corrected chi connectivity index (χ0v) is 16.3. The van der Waals surface area contributed by atoms with Crippen molar-refractivity contribution in [2.75, 3.05) is 13.2 Å². The number of Topliss-reactive ketones (excluding diaryl/α,β-unsaturated/α-hetero) is 1. The molecule has 1 heterocycles. The summed E-state index contributed by atoms with van der Waals surface area (Å²) in [6, 6.07) is 4.82. The van der Waals surface area contributed by atoms with Crippen LogP contribution in [0.2, 0.25) is 5.82 Å². The Morgan fingerprint density at radius 1 is 1.38 bits per heavy atom. The van der Waals surface area contributed by atoms with Gasteiger partial charge in [0.2, 0.25) is 12.8 Å². The highest BCUT2D eigenvalue weighted by Gasteiger charge is 2.38. The number of carbonyl (C=O) groups is 3. The minimum absolute atomic E-state index is 0.0682. The molecule has 1 aromatic carbocycles. The normalized spacial score (nSPS) is 15.9. The molecule has 0 spiro atoms. The average molecular weight is 403 g/mol. The smallest absolute Gasteiger partial charge is 0.526 e. The number of nitrogens with zero attached hydrogens (tertiary/aromatic N) is 1. The van der Waals surface area contributed by atoms with Gasteiger partial charge in [0.1, 0.15) is 17.1 Å². The van der Waals surface area contributed by atoms with Crippen LogP contribution in [0.3, 0.4) is 0 Å². The van der Waals surface area contributed by atoms with Crippen LogP contribution < -0.4 is 4.65 Å². The van der Waals surface area contributed by atoms with E-state index >= 15 is 0 Å². The van der Waals surface area contributed by atoms with Crippen molar-refractivity contribution in [3.63, 3.8) is 0 Å². The van der Waals surface area contributed by atoms with Gasteiger partial charge in [-0.2, -0.15) is 0 Å². The minimum Gasteiger partial charge on any atom is -0.535 e. The van der Waals surface area contributed by atoms with Gasteiger partial charge in [-0.05, 0) is 25.0 Å². The number of ether oxygens (including phenoxy) is 3. The molecule has 0 saturated heterocycles. The predicted octanol–water partition coefficient (Wildman–Crippen LogP) is 2.42. The summed E-state index contributed by atoms with van der Waals surface area (Å²) in [7, 11) is -1.28. The van der Waals surface area contributed by atoms with Gasteiger partial charge in [0.05, 0.1) is 13.0 Å². The van der Waals surface area contributed by atoms with E-state index in [1.165, 1.54) is 13.0 Å². The van der Waals surface area contributed by atoms with Crippen molar-refractivity contribution < 1.29 is 38.3 Å². The Hall–Kier alpha value is -3.06. The number of para-hydroxylation sites is 1. The molecule has 2 rings (SSSR count). The van der Waals surface area contributed by atoms with E-state index in [1.54, 1.807) is 19.1 Å². The fourth-order valence-electron chi connectivity index (χ4n) is 2.92.